The van der Waals surface area contributed by atoms with Crippen LogP contribution in [0.5, 0.6) is 0 Å². The number of pyridine rings is 1. The lowest BCUT2D eigenvalue weighted by atomic mass is 10.2. The third-order valence-electron chi connectivity index (χ3n) is 6.10. The molecule has 5 heterocycles. The Bertz CT molecular complexity index is 1370. The van der Waals surface area contributed by atoms with Crippen LogP contribution in [0.15, 0.2) is 34.2 Å². The van der Waals surface area contributed by atoms with Crippen LogP contribution in [0.2, 0.25) is 5.02 Å². The van der Waals surface area contributed by atoms with E-state index in [0.29, 0.717) is 40.5 Å². The maximum Gasteiger partial charge on any atom is 0.280 e. The van der Waals surface area contributed by atoms with E-state index in [0.717, 1.165) is 19.3 Å². The smallest absolute Gasteiger partial charge is 0.280 e. The zero-order chi connectivity index (χ0) is 21.3. The number of rotatable bonds is 4. The molecule has 12 heteroatoms. The molecular weight excluding hydrogens is 427 g/mol. The van der Waals surface area contributed by atoms with Crippen molar-refractivity contribution in [2.75, 3.05) is 18.0 Å². The third kappa shape index (κ3) is 2.91. The first kappa shape index (κ1) is 18.4. The molecule has 4 aromatic heterocycles. The van der Waals surface area contributed by atoms with Crippen molar-refractivity contribution in [1.29, 1.82) is 0 Å². The molecule has 6 rings (SSSR count). The van der Waals surface area contributed by atoms with E-state index >= 15 is 0 Å². The SMILES string of the molecule is Cn1cnc2ncn(Cc3nc(C4C5CN(c6cc(Cl)c(F)cn6)CC54)no3)c(=O)c21. The van der Waals surface area contributed by atoms with E-state index in [9.17, 15) is 9.18 Å². The zero-order valence-electron chi connectivity index (χ0n) is 16.3. The standard InChI is InChI=1S/C19H16ClFN8O2/c1-27-7-23-18-16(27)19(30)29(8-24-18)6-14-25-17(26-31-14)15-9-4-28(5-10(9)15)13-2-11(20)12(21)3-22-13/h2-3,7-10,15H,4-6H2,1H3. The molecule has 0 aromatic carbocycles. The number of anilines is 1. The van der Waals surface area contributed by atoms with E-state index in [1.807, 2.05) is 0 Å². The molecule has 2 atom stereocenters. The van der Waals surface area contributed by atoms with Gasteiger partial charge in [-0.05, 0) is 11.8 Å². The molecule has 0 N–H and O–H groups in total. The summed E-state index contributed by atoms with van der Waals surface area (Å²) in [4.78, 5) is 31.7. The van der Waals surface area contributed by atoms with Gasteiger partial charge in [0.2, 0.25) is 5.89 Å². The highest BCUT2D eigenvalue weighted by Crippen LogP contribution is 2.57. The fourth-order valence-electron chi connectivity index (χ4n) is 4.47. The molecule has 1 saturated heterocycles. The molecule has 10 nitrogen and oxygen atoms in total. The molecule has 2 aliphatic rings. The predicted octanol–water partition coefficient (Wildman–Crippen LogP) is 1.60. The van der Waals surface area contributed by atoms with Crippen LogP contribution in [0.1, 0.15) is 17.6 Å². The van der Waals surface area contributed by atoms with Crippen LogP contribution in [0.25, 0.3) is 11.2 Å². The number of imidazole rings is 1. The second-order valence-corrected chi connectivity index (χ2v) is 8.37. The molecular formula is C19H16ClFN8O2. The van der Waals surface area contributed by atoms with Gasteiger partial charge in [0.25, 0.3) is 5.56 Å². The van der Waals surface area contributed by atoms with Crippen molar-refractivity contribution in [3.63, 3.8) is 0 Å². The Balaban J connectivity index is 1.16. The van der Waals surface area contributed by atoms with Crippen molar-refractivity contribution in [3.05, 3.63) is 57.8 Å². The molecule has 2 unspecified atom stereocenters. The van der Waals surface area contributed by atoms with E-state index in [1.54, 1.807) is 24.0 Å². The Labute approximate surface area is 179 Å². The van der Waals surface area contributed by atoms with Gasteiger partial charge in [-0.3, -0.25) is 9.36 Å². The minimum atomic E-state index is -0.524. The summed E-state index contributed by atoms with van der Waals surface area (Å²) in [7, 11) is 1.75. The van der Waals surface area contributed by atoms with E-state index in [-0.39, 0.29) is 23.0 Å². The lowest BCUT2D eigenvalue weighted by Gasteiger charge is -2.20. The van der Waals surface area contributed by atoms with Crippen LogP contribution < -0.4 is 10.5 Å². The van der Waals surface area contributed by atoms with Crippen molar-refractivity contribution in [2.45, 2.75) is 12.5 Å². The first-order chi connectivity index (χ1) is 15.0. The number of fused-ring (bicyclic) bond motifs is 2. The number of piperidine rings is 1. The summed E-state index contributed by atoms with van der Waals surface area (Å²) in [5.74, 6) is 2.12. The van der Waals surface area contributed by atoms with Crippen LogP contribution in [-0.2, 0) is 13.6 Å². The Kier molecular flexibility index (Phi) is 3.91. The highest BCUT2D eigenvalue weighted by Gasteiger charge is 2.58. The summed E-state index contributed by atoms with van der Waals surface area (Å²) in [6.07, 6.45) is 4.13. The summed E-state index contributed by atoms with van der Waals surface area (Å²) in [6, 6.07) is 1.55. The molecule has 0 amide bonds. The first-order valence-electron chi connectivity index (χ1n) is 9.74. The largest absolute Gasteiger partial charge is 0.356 e. The fourth-order valence-corrected chi connectivity index (χ4v) is 4.62. The highest BCUT2D eigenvalue weighted by atomic mass is 35.5. The number of nitrogens with zero attached hydrogens (tertiary/aromatic N) is 8. The molecule has 0 bridgehead atoms. The van der Waals surface area contributed by atoms with Crippen LogP contribution in [-0.4, -0.2) is 47.3 Å². The van der Waals surface area contributed by atoms with Crippen LogP contribution in [0.3, 0.4) is 0 Å². The maximum absolute atomic E-state index is 13.3. The van der Waals surface area contributed by atoms with Gasteiger partial charge in [0, 0.05) is 32.1 Å². The summed E-state index contributed by atoms with van der Waals surface area (Å²) in [6.45, 7) is 1.69. The Morgan fingerprint density at radius 3 is 2.77 bits per heavy atom. The molecule has 158 valence electrons. The molecule has 1 aliphatic carbocycles. The maximum atomic E-state index is 13.3. The minimum absolute atomic E-state index is 0.0685. The van der Waals surface area contributed by atoms with Crippen molar-refractivity contribution >= 4 is 28.6 Å². The number of hydrogen-bond acceptors (Lipinski definition) is 8. The number of aryl methyl sites for hydroxylation is 1. The average Bonchev–Trinajstić information content (AvgIpc) is 3.18. The van der Waals surface area contributed by atoms with Gasteiger partial charge >= 0.3 is 0 Å². The molecule has 2 fully saturated rings. The van der Waals surface area contributed by atoms with Crippen molar-refractivity contribution < 1.29 is 8.91 Å². The van der Waals surface area contributed by atoms with Crippen LogP contribution in [0, 0.1) is 17.7 Å². The average molecular weight is 443 g/mol. The quantitative estimate of drug-likeness (QED) is 0.469. The van der Waals surface area contributed by atoms with Gasteiger partial charge in [-0.25, -0.2) is 19.3 Å². The molecule has 31 heavy (non-hydrogen) atoms. The minimum Gasteiger partial charge on any atom is -0.356 e. The van der Waals surface area contributed by atoms with Gasteiger partial charge in [-0.2, -0.15) is 4.98 Å². The van der Waals surface area contributed by atoms with Gasteiger partial charge < -0.3 is 14.0 Å². The predicted molar refractivity (Wildman–Crippen MR) is 107 cm³/mol. The molecule has 0 spiro atoms. The monoisotopic (exact) mass is 442 g/mol. The van der Waals surface area contributed by atoms with E-state index < -0.39 is 5.82 Å². The second-order valence-electron chi connectivity index (χ2n) is 7.97. The molecule has 1 aliphatic heterocycles. The molecule has 4 aromatic rings. The lowest BCUT2D eigenvalue weighted by molar-refractivity contribution is 0.363. The molecule has 0 radical (unpaired) electrons. The topological polar surface area (TPSA) is 108 Å². The van der Waals surface area contributed by atoms with Crippen LogP contribution in [0.4, 0.5) is 10.2 Å². The molecule has 1 saturated carbocycles. The van der Waals surface area contributed by atoms with Crippen LogP contribution >= 0.6 is 11.6 Å². The van der Waals surface area contributed by atoms with Crippen molar-refractivity contribution in [2.24, 2.45) is 18.9 Å². The Morgan fingerprint density at radius 1 is 1.23 bits per heavy atom. The summed E-state index contributed by atoms with van der Waals surface area (Å²) in [5.41, 5.74) is 0.616. The van der Waals surface area contributed by atoms with Crippen molar-refractivity contribution in [1.82, 2.24) is 34.2 Å². The highest BCUT2D eigenvalue weighted by molar-refractivity contribution is 6.30. The Hall–Kier alpha value is -3.34. The van der Waals surface area contributed by atoms with Gasteiger partial charge in [-0.15, -0.1) is 0 Å². The number of hydrogen-bond donors (Lipinski definition) is 0. The van der Waals surface area contributed by atoms with E-state index in [2.05, 4.69) is 30.0 Å². The summed E-state index contributed by atoms with van der Waals surface area (Å²) < 4.78 is 21.8. The number of aromatic nitrogens is 7. The summed E-state index contributed by atoms with van der Waals surface area (Å²) in [5, 5.41) is 4.20. The van der Waals surface area contributed by atoms with Crippen molar-refractivity contribution in [3.8, 4) is 0 Å². The van der Waals surface area contributed by atoms with Gasteiger partial charge in [0.05, 0.1) is 17.5 Å². The van der Waals surface area contributed by atoms with E-state index in [4.69, 9.17) is 16.1 Å². The normalized spacial score (nSPS) is 22.3. The number of halogens is 2. The second kappa shape index (κ2) is 6.58. The third-order valence-corrected chi connectivity index (χ3v) is 6.39. The zero-order valence-corrected chi connectivity index (χ0v) is 17.1. The Morgan fingerprint density at radius 2 is 2.00 bits per heavy atom. The summed E-state index contributed by atoms with van der Waals surface area (Å²) >= 11 is 5.87. The lowest BCUT2D eigenvalue weighted by Crippen LogP contribution is -2.24. The fraction of sp³-hybridized carbons (Fsp3) is 0.368. The van der Waals surface area contributed by atoms with Gasteiger partial charge in [0.1, 0.15) is 18.7 Å². The van der Waals surface area contributed by atoms with E-state index in [1.165, 1.54) is 10.9 Å². The van der Waals surface area contributed by atoms with Gasteiger partial charge in [0.15, 0.2) is 22.8 Å². The first-order valence-corrected chi connectivity index (χ1v) is 10.1. The van der Waals surface area contributed by atoms with Gasteiger partial charge in [-0.1, -0.05) is 16.8 Å².